The maximum atomic E-state index is 4.82. The number of hydrogen-bond acceptors (Lipinski definition) is 3. The van der Waals surface area contributed by atoms with E-state index >= 15 is 0 Å². The molecule has 0 aromatic carbocycles. The van der Waals surface area contributed by atoms with Crippen LogP contribution in [0.2, 0.25) is 0 Å². The molecule has 1 rings (SSSR count). The van der Waals surface area contributed by atoms with Gasteiger partial charge in [-0.2, -0.15) is 0 Å². The van der Waals surface area contributed by atoms with Gasteiger partial charge < -0.3 is 9.47 Å². The van der Waals surface area contributed by atoms with Gasteiger partial charge in [0.05, 0.1) is 6.61 Å². The molecule has 3 heteroatoms. The van der Waals surface area contributed by atoms with Crippen LogP contribution in [-0.4, -0.2) is 26.3 Å². The van der Waals surface area contributed by atoms with Gasteiger partial charge in [0.25, 0.3) is 0 Å². The molecule has 0 saturated carbocycles. The molecule has 0 aromatic heterocycles. The van der Waals surface area contributed by atoms with E-state index in [-0.39, 0.29) is 0 Å². The number of aliphatic imine (C=N–C) groups is 1. The van der Waals surface area contributed by atoms with Crippen molar-refractivity contribution >= 4 is 6.21 Å². The number of nitrogens with zero attached hydrogens (tertiary/aromatic N) is 1. The second-order valence-electron chi connectivity index (χ2n) is 1.19. The lowest BCUT2D eigenvalue weighted by atomic mass is 10.8. The predicted octanol–water partition coefficient (Wildman–Crippen LogP) is 0.0190. The minimum atomic E-state index is 0.375. The highest BCUT2D eigenvalue weighted by molar-refractivity contribution is 5.58. The topological polar surface area (TPSA) is 30.8 Å². The van der Waals surface area contributed by atoms with Crippen molar-refractivity contribution in [2.75, 3.05) is 20.1 Å². The molecule has 0 atom stereocenters. The van der Waals surface area contributed by atoms with Crippen LogP contribution in [0.4, 0.5) is 0 Å². The smallest absolute Gasteiger partial charge is 0.149 e. The Kier molecular flexibility index (Phi) is 1.84. The third-order valence-electron chi connectivity index (χ3n) is 0.654. The molecule has 3 nitrogen and oxygen atoms in total. The van der Waals surface area contributed by atoms with Gasteiger partial charge in [-0.15, -0.1) is 0 Å². The third-order valence-corrected chi connectivity index (χ3v) is 0.654. The van der Waals surface area contributed by atoms with Crippen LogP contribution >= 0.6 is 0 Å². The van der Waals surface area contributed by atoms with Gasteiger partial charge in [0.15, 0.2) is 0 Å². The first-order valence-electron chi connectivity index (χ1n) is 2.14. The van der Waals surface area contributed by atoms with Gasteiger partial charge in [0.2, 0.25) is 0 Å². The first-order chi connectivity index (χ1) is 3.50. The van der Waals surface area contributed by atoms with Gasteiger partial charge in [-0.1, -0.05) is 0 Å². The van der Waals surface area contributed by atoms with Gasteiger partial charge in [0.1, 0.15) is 13.5 Å². The highest BCUT2D eigenvalue weighted by atomic mass is 16.7. The standard InChI is InChI=1S/C4H7NO2/c1-2-6-4-7-3-5-1/h1H,2-4H2. The molecule has 1 aliphatic heterocycles. The summed E-state index contributed by atoms with van der Waals surface area (Å²) < 4.78 is 9.60. The number of rotatable bonds is 0. The SMILES string of the molecule is C1=NCOCOC1. The first kappa shape index (κ1) is 4.74. The minimum absolute atomic E-state index is 0.375. The maximum Gasteiger partial charge on any atom is 0.149 e. The second-order valence-corrected chi connectivity index (χ2v) is 1.19. The molecule has 0 fully saturated rings. The van der Waals surface area contributed by atoms with E-state index in [0.29, 0.717) is 20.1 Å². The molecule has 0 unspecified atom stereocenters. The van der Waals surface area contributed by atoms with Gasteiger partial charge >= 0.3 is 0 Å². The lowest BCUT2D eigenvalue weighted by Gasteiger charge is -1.92. The van der Waals surface area contributed by atoms with Crippen molar-refractivity contribution < 1.29 is 9.47 Å². The first-order valence-corrected chi connectivity index (χ1v) is 2.14. The van der Waals surface area contributed by atoms with Crippen LogP contribution in [0.3, 0.4) is 0 Å². The van der Waals surface area contributed by atoms with Crippen LogP contribution < -0.4 is 0 Å². The molecule has 0 bridgehead atoms. The third kappa shape index (κ3) is 1.66. The van der Waals surface area contributed by atoms with Crippen molar-refractivity contribution in [3.8, 4) is 0 Å². The normalized spacial score (nSPS) is 21.7. The summed E-state index contributed by atoms with van der Waals surface area (Å²) in [6.45, 7) is 1.40. The summed E-state index contributed by atoms with van der Waals surface area (Å²) in [4.78, 5) is 3.80. The predicted molar refractivity (Wildman–Crippen MR) is 25.3 cm³/mol. The molecule has 0 amide bonds. The molecule has 1 heterocycles. The minimum Gasteiger partial charge on any atom is -0.350 e. The number of hydrogen-bond donors (Lipinski definition) is 0. The largest absolute Gasteiger partial charge is 0.350 e. The van der Waals surface area contributed by atoms with E-state index in [9.17, 15) is 0 Å². The Hall–Kier alpha value is -0.410. The van der Waals surface area contributed by atoms with Crippen LogP contribution in [-0.2, 0) is 9.47 Å². The molecule has 40 valence electrons. The number of ether oxygens (including phenoxy) is 2. The van der Waals surface area contributed by atoms with E-state index in [1.807, 2.05) is 0 Å². The van der Waals surface area contributed by atoms with Crippen LogP contribution in [0.1, 0.15) is 0 Å². The zero-order valence-corrected chi connectivity index (χ0v) is 3.96. The van der Waals surface area contributed by atoms with Crippen LogP contribution in [0.25, 0.3) is 0 Å². The molecule has 0 aliphatic carbocycles. The Morgan fingerprint density at radius 2 is 2.43 bits per heavy atom. The highest BCUT2D eigenvalue weighted by Gasteiger charge is 1.87. The molecule has 7 heavy (non-hydrogen) atoms. The van der Waals surface area contributed by atoms with E-state index in [4.69, 9.17) is 9.47 Å². The van der Waals surface area contributed by atoms with Crippen molar-refractivity contribution in [3.05, 3.63) is 0 Å². The summed E-state index contributed by atoms with van der Waals surface area (Å²) in [5, 5.41) is 0. The van der Waals surface area contributed by atoms with Crippen molar-refractivity contribution in [1.29, 1.82) is 0 Å². The molecular formula is C4H7NO2. The van der Waals surface area contributed by atoms with E-state index < -0.39 is 0 Å². The van der Waals surface area contributed by atoms with Crippen LogP contribution in [0.5, 0.6) is 0 Å². The van der Waals surface area contributed by atoms with E-state index in [0.717, 1.165) is 0 Å². The molecular weight excluding hydrogens is 94.0 g/mol. The van der Waals surface area contributed by atoms with Gasteiger partial charge in [0, 0.05) is 6.21 Å². The molecule has 0 saturated heterocycles. The fourth-order valence-electron chi connectivity index (χ4n) is 0.355. The molecule has 1 aliphatic rings. The summed E-state index contributed by atoms with van der Waals surface area (Å²) >= 11 is 0. The summed E-state index contributed by atoms with van der Waals surface area (Å²) in [6, 6.07) is 0. The Balaban J connectivity index is 2.20. The van der Waals surface area contributed by atoms with Crippen molar-refractivity contribution in [2.24, 2.45) is 4.99 Å². The van der Waals surface area contributed by atoms with Crippen molar-refractivity contribution in [3.63, 3.8) is 0 Å². The van der Waals surface area contributed by atoms with Gasteiger partial charge in [-0.05, 0) is 0 Å². The van der Waals surface area contributed by atoms with E-state index in [1.165, 1.54) is 0 Å². The summed E-state index contributed by atoms with van der Waals surface area (Å²) in [5.41, 5.74) is 0. The Morgan fingerprint density at radius 1 is 1.43 bits per heavy atom. The Bertz CT molecular complexity index is 64.1. The van der Waals surface area contributed by atoms with Crippen LogP contribution in [0.15, 0.2) is 4.99 Å². The maximum absolute atomic E-state index is 4.82. The van der Waals surface area contributed by atoms with Crippen LogP contribution in [0, 0.1) is 0 Å². The monoisotopic (exact) mass is 101 g/mol. The zero-order valence-electron chi connectivity index (χ0n) is 3.96. The Morgan fingerprint density at radius 3 is 3.43 bits per heavy atom. The van der Waals surface area contributed by atoms with E-state index in [2.05, 4.69) is 4.99 Å². The average Bonchev–Trinajstić information content (AvgIpc) is 1.90. The van der Waals surface area contributed by atoms with Crippen molar-refractivity contribution in [1.82, 2.24) is 0 Å². The lowest BCUT2D eigenvalue weighted by molar-refractivity contribution is -0.0296. The lowest BCUT2D eigenvalue weighted by Crippen LogP contribution is -1.95. The van der Waals surface area contributed by atoms with E-state index in [1.54, 1.807) is 6.21 Å². The van der Waals surface area contributed by atoms with Gasteiger partial charge in [-0.3, -0.25) is 4.99 Å². The van der Waals surface area contributed by atoms with Crippen molar-refractivity contribution in [2.45, 2.75) is 0 Å². The molecule has 0 spiro atoms. The summed E-state index contributed by atoms with van der Waals surface area (Å²) in [7, 11) is 0. The molecule has 0 N–H and O–H groups in total. The summed E-state index contributed by atoms with van der Waals surface area (Å²) in [5.74, 6) is 0. The quantitative estimate of drug-likeness (QED) is 0.430. The zero-order chi connectivity index (χ0) is 4.95. The molecule has 0 aromatic rings. The fraction of sp³-hybridized carbons (Fsp3) is 0.750. The fourth-order valence-corrected chi connectivity index (χ4v) is 0.355. The summed E-state index contributed by atoms with van der Waals surface area (Å²) in [6.07, 6.45) is 1.70. The molecule has 0 radical (unpaired) electrons. The Labute approximate surface area is 42.0 Å². The highest BCUT2D eigenvalue weighted by Crippen LogP contribution is 1.82. The second kappa shape index (κ2) is 2.71. The average molecular weight is 101 g/mol. The van der Waals surface area contributed by atoms with Gasteiger partial charge in [-0.25, -0.2) is 0 Å².